The van der Waals surface area contributed by atoms with Crippen LogP contribution in [0, 0.1) is 0 Å². The van der Waals surface area contributed by atoms with Gasteiger partial charge in [-0.1, -0.05) is 24.6 Å². The highest BCUT2D eigenvalue weighted by Gasteiger charge is 2.14. The number of fused-ring (bicyclic) bond motifs is 1. The molecule has 1 heterocycles. The summed E-state index contributed by atoms with van der Waals surface area (Å²) in [6, 6.07) is 9.56. The SMILES string of the molecule is O=c1[nH]c(COc2ccccc2)nc2c1CCCCC2. The second-order valence-electron chi connectivity index (χ2n) is 5.10. The second-order valence-corrected chi connectivity index (χ2v) is 5.10. The van der Waals surface area contributed by atoms with Crippen molar-refractivity contribution in [3.8, 4) is 5.75 Å². The molecule has 1 aliphatic rings. The molecule has 0 saturated heterocycles. The van der Waals surface area contributed by atoms with Crippen LogP contribution < -0.4 is 10.3 Å². The minimum atomic E-state index is 0.00330. The van der Waals surface area contributed by atoms with Gasteiger partial charge in [-0.05, 0) is 37.8 Å². The number of H-pyrrole nitrogens is 1. The minimum Gasteiger partial charge on any atom is -0.486 e. The molecule has 0 unspecified atom stereocenters. The lowest BCUT2D eigenvalue weighted by atomic mass is 10.1. The van der Waals surface area contributed by atoms with E-state index in [-0.39, 0.29) is 5.56 Å². The van der Waals surface area contributed by atoms with Gasteiger partial charge in [0.2, 0.25) is 0 Å². The molecule has 1 aliphatic carbocycles. The van der Waals surface area contributed by atoms with Crippen LogP contribution in [-0.2, 0) is 19.4 Å². The van der Waals surface area contributed by atoms with Gasteiger partial charge in [-0.2, -0.15) is 0 Å². The number of benzene rings is 1. The Morgan fingerprint density at radius 1 is 1.10 bits per heavy atom. The average molecular weight is 270 g/mol. The van der Waals surface area contributed by atoms with E-state index in [4.69, 9.17) is 4.74 Å². The molecule has 104 valence electrons. The summed E-state index contributed by atoms with van der Waals surface area (Å²) in [5.74, 6) is 1.39. The Kier molecular flexibility index (Phi) is 3.81. The van der Waals surface area contributed by atoms with E-state index >= 15 is 0 Å². The summed E-state index contributed by atoms with van der Waals surface area (Å²) in [5, 5.41) is 0. The molecule has 0 bridgehead atoms. The number of hydrogen-bond acceptors (Lipinski definition) is 3. The predicted molar refractivity (Wildman–Crippen MR) is 76.9 cm³/mol. The molecule has 1 aromatic heterocycles. The van der Waals surface area contributed by atoms with Crippen molar-refractivity contribution in [3.63, 3.8) is 0 Å². The molecule has 20 heavy (non-hydrogen) atoms. The standard InChI is InChI=1S/C16H18N2O2/c19-16-13-9-5-2-6-10-14(13)17-15(18-16)11-20-12-7-3-1-4-8-12/h1,3-4,7-8H,2,5-6,9-11H2,(H,17,18,19). The number of nitrogens with one attached hydrogen (secondary N) is 1. The molecule has 0 radical (unpaired) electrons. The highest BCUT2D eigenvalue weighted by atomic mass is 16.5. The molecule has 0 atom stereocenters. The van der Waals surface area contributed by atoms with Crippen LogP contribution in [0.1, 0.15) is 36.3 Å². The molecule has 1 aromatic carbocycles. The maximum atomic E-state index is 12.1. The van der Waals surface area contributed by atoms with E-state index in [2.05, 4.69) is 9.97 Å². The number of ether oxygens (including phenoxy) is 1. The van der Waals surface area contributed by atoms with Crippen LogP contribution in [0.15, 0.2) is 35.1 Å². The number of nitrogens with zero attached hydrogens (tertiary/aromatic N) is 1. The van der Waals surface area contributed by atoms with Gasteiger partial charge in [-0.3, -0.25) is 4.79 Å². The molecule has 4 nitrogen and oxygen atoms in total. The first-order valence-corrected chi connectivity index (χ1v) is 7.12. The van der Waals surface area contributed by atoms with Crippen LogP contribution in [0.4, 0.5) is 0 Å². The lowest BCUT2D eigenvalue weighted by Crippen LogP contribution is -2.20. The van der Waals surface area contributed by atoms with Crippen molar-refractivity contribution in [1.29, 1.82) is 0 Å². The summed E-state index contributed by atoms with van der Waals surface area (Å²) >= 11 is 0. The van der Waals surface area contributed by atoms with Gasteiger partial charge >= 0.3 is 0 Å². The van der Waals surface area contributed by atoms with Crippen molar-refractivity contribution < 1.29 is 4.74 Å². The lowest BCUT2D eigenvalue weighted by molar-refractivity contribution is 0.295. The summed E-state index contributed by atoms with van der Waals surface area (Å²) in [6.45, 7) is 0.298. The van der Waals surface area contributed by atoms with Gasteiger partial charge in [0.25, 0.3) is 5.56 Å². The Hall–Kier alpha value is -2.10. The van der Waals surface area contributed by atoms with Gasteiger partial charge in [0, 0.05) is 5.56 Å². The summed E-state index contributed by atoms with van der Waals surface area (Å²) < 4.78 is 5.64. The van der Waals surface area contributed by atoms with Gasteiger partial charge in [-0.15, -0.1) is 0 Å². The van der Waals surface area contributed by atoms with E-state index in [1.54, 1.807) is 0 Å². The topological polar surface area (TPSA) is 55.0 Å². The first-order chi connectivity index (χ1) is 9.83. The summed E-state index contributed by atoms with van der Waals surface area (Å²) in [4.78, 5) is 19.5. The fourth-order valence-electron chi connectivity index (χ4n) is 2.57. The molecule has 0 aliphatic heterocycles. The fraction of sp³-hybridized carbons (Fsp3) is 0.375. The van der Waals surface area contributed by atoms with Gasteiger partial charge in [-0.25, -0.2) is 4.98 Å². The normalized spacial score (nSPS) is 14.4. The molecular formula is C16H18N2O2. The smallest absolute Gasteiger partial charge is 0.254 e. The maximum Gasteiger partial charge on any atom is 0.254 e. The minimum absolute atomic E-state index is 0.00330. The number of hydrogen-bond donors (Lipinski definition) is 1. The maximum absolute atomic E-state index is 12.1. The predicted octanol–water partition coefficient (Wildman–Crippen LogP) is 2.62. The Bertz CT molecular complexity index is 635. The average Bonchev–Trinajstić information content (AvgIpc) is 2.72. The van der Waals surface area contributed by atoms with Crippen LogP contribution in [-0.4, -0.2) is 9.97 Å². The van der Waals surface area contributed by atoms with Gasteiger partial charge in [0.05, 0.1) is 5.69 Å². The van der Waals surface area contributed by atoms with Crippen molar-refractivity contribution in [3.05, 3.63) is 57.8 Å². The Balaban J connectivity index is 1.79. The first kappa shape index (κ1) is 12.9. The molecule has 0 spiro atoms. The number of rotatable bonds is 3. The van der Waals surface area contributed by atoms with Crippen molar-refractivity contribution in [2.75, 3.05) is 0 Å². The highest BCUT2D eigenvalue weighted by Crippen LogP contribution is 2.16. The van der Waals surface area contributed by atoms with Crippen LogP contribution >= 0.6 is 0 Å². The Labute approximate surface area is 117 Å². The quantitative estimate of drug-likeness (QED) is 0.872. The highest BCUT2D eigenvalue weighted by molar-refractivity contribution is 5.22. The summed E-state index contributed by atoms with van der Waals surface area (Å²) in [6.07, 6.45) is 5.11. The van der Waals surface area contributed by atoms with E-state index in [1.165, 1.54) is 6.42 Å². The molecule has 2 aromatic rings. The third kappa shape index (κ3) is 2.90. The number of aromatic amines is 1. The van der Waals surface area contributed by atoms with Gasteiger partial charge < -0.3 is 9.72 Å². The van der Waals surface area contributed by atoms with Gasteiger partial charge in [0.1, 0.15) is 18.2 Å². The van der Waals surface area contributed by atoms with Crippen molar-refractivity contribution >= 4 is 0 Å². The summed E-state index contributed by atoms with van der Waals surface area (Å²) in [5.41, 5.74) is 1.83. The van der Waals surface area contributed by atoms with Crippen molar-refractivity contribution in [1.82, 2.24) is 9.97 Å². The van der Waals surface area contributed by atoms with E-state index < -0.39 is 0 Å². The molecule has 3 rings (SSSR count). The first-order valence-electron chi connectivity index (χ1n) is 7.12. The van der Waals surface area contributed by atoms with Crippen molar-refractivity contribution in [2.24, 2.45) is 0 Å². The second kappa shape index (κ2) is 5.90. The van der Waals surface area contributed by atoms with Crippen LogP contribution in [0.3, 0.4) is 0 Å². The third-order valence-electron chi connectivity index (χ3n) is 3.61. The molecule has 0 saturated carbocycles. The van der Waals surface area contributed by atoms with Crippen LogP contribution in [0.2, 0.25) is 0 Å². The number of aromatic nitrogens is 2. The Morgan fingerprint density at radius 3 is 2.75 bits per heavy atom. The Morgan fingerprint density at radius 2 is 1.90 bits per heavy atom. The molecule has 1 N–H and O–H groups in total. The van der Waals surface area contributed by atoms with Gasteiger partial charge in [0.15, 0.2) is 0 Å². The summed E-state index contributed by atoms with van der Waals surface area (Å²) in [7, 11) is 0. The lowest BCUT2D eigenvalue weighted by Gasteiger charge is -2.08. The van der Waals surface area contributed by atoms with E-state index in [9.17, 15) is 4.79 Å². The van der Waals surface area contributed by atoms with E-state index in [0.29, 0.717) is 12.4 Å². The number of aryl methyl sites for hydroxylation is 1. The van der Waals surface area contributed by atoms with Crippen LogP contribution in [0.5, 0.6) is 5.75 Å². The number of para-hydroxylation sites is 1. The largest absolute Gasteiger partial charge is 0.486 e. The molecule has 0 amide bonds. The van der Waals surface area contributed by atoms with Crippen LogP contribution in [0.25, 0.3) is 0 Å². The van der Waals surface area contributed by atoms with E-state index in [1.807, 2.05) is 30.3 Å². The zero-order chi connectivity index (χ0) is 13.8. The zero-order valence-corrected chi connectivity index (χ0v) is 11.4. The molecular weight excluding hydrogens is 252 g/mol. The monoisotopic (exact) mass is 270 g/mol. The molecule has 0 fully saturated rings. The fourth-order valence-corrected chi connectivity index (χ4v) is 2.57. The zero-order valence-electron chi connectivity index (χ0n) is 11.4. The third-order valence-corrected chi connectivity index (χ3v) is 3.61. The van der Waals surface area contributed by atoms with E-state index in [0.717, 1.165) is 42.7 Å². The van der Waals surface area contributed by atoms with Crippen molar-refractivity contribution in [2.45, 2.75) is 38.7 Å². The molecule has 4 heteroatoms.